The number of thiophene rings is 2. The average Bonchev–Trinajstić information content (AvgIpc) is 3.62. The zero-order valence-corrected chi connectivity index (χ0v) is 40.0. The predicted octanol–water partition coefficient (Wildman–Crippen LogP) is 16.6. The van der Waals surface area contributed by atoms with Gasteiger partial charge in [-0.2, -0.15) is 0 Å². The first kappa shape index (κ1) is 41.3. The molecular formula is C55H45NO2S6. The summed E-state index contributed by atoms with van der Waals surface area (Å²) in [6.07, 6.45) is 4.43. The van der Waals surface area contributed by atoms with Gasteiger partial charge in [0.1, 0.15) is 0 Å². The summed E-state index contributed by atoms with van der Waals surface area (Å²) in [4.78, 5) is 7.68. The first-order valence-corrected chi connectivity index (χ1v) is 27.5. The van der Waals surface area contributed by atoms with Crippen LogP contribution in [0.4, 0.5) is 0 Å². The van der Waals surface area contributed by atoms with Gasteiger partial charge in [-0.05, 0) is 96.0 Å². The molecule has 0 bridgehead atoms. The molecule has 4 heterocycles. The number of para-hydroxylation sites is 1. The Hall–Kier alpha value is -4.16. The minimum atomic E-state index is -0.159. The molecule has 2 fully saturated rings. The molecule has 3 aromatic heterocycles. The summed E-state index contributed by atoms with van der Waals surface area (Å²) >= 11 is 11.5. The fourth-order valence-electron chi connectivity index (χ4n) is 9.39. The number of ether oxygens (including phenoxy) is 2. The van der Waals surface area contributed by atoms with E-state index in [2.05, 4.69) is 158 Å². The maximum Gasteiger partial charge on any atom is 0.151 e. The van der Waals surface area contributed by atoms with E-state index in [4.69, 9.17) is 14.5 Å². The Balaban J connectivity index is 0.867. The highest BCUT2D eigenvalue weighted by atomic mass is 32.2. The Morgan fingerprint density at radius 2 is 1.11 bits per heavy atom. The van der Waals surface area contributed by atoms with Gasteiger partial charge in [-0.25, -0.2) is 4.98 Å². The summed E-state index contributed by atoms with van der Waals surface area (Å²) in [5.74, 6) is 3.31. The molecular weight excluding hydrogens is 899 g/mol. The van der Waals surface area contributed by atoms with E-state index in [0.717, 1.165) is 40.1 Å². The predicted molar refractivity (Wildman–Crippen MR) is 281 cm³/mol. The van der Waals surface area contributed by atoms with Crippen molar-refractivity contribution in [2.75, 3.05) is 30.5 Å². The number of aromatic nitrogens is 1. The Morgan fingerprint density at radius 1 is 0.547 bits per heavy atom. The number of rotatable bonds is 15. The van der Waals surface area contributed by atoms with Crippen LogP contribution in [0.15, 0.2) is 172 Å². The van der Waals surface area contributed by atoms with Gasteiger partial charge in [-0.3, -0.25) is 0 Å². The monoisotopic (exact) mass is 943 g/mol. The quantitative estimate of drug-likeness (QED) is 0.0753. The van der Waals surface area contributed by atoms with Gasteiger partial charge >= 0.3 is 0 Å². The van der Waals surface area contributed by atoms with Gasteiger partial charge in [0.15, 0.2) is 4.34 Å². The third kappa shape index (κ3) is 8.44. The lowest BCUT2D eigenvalue weighted by atomic mass is 9.90. The van der Waals surface area contributed by atoms with Crippen molar-refractivity contribution in [1.82, 2.24) is 4.98 Å². The summed E-state index contributed by atoms with van der Waals surface area (Å²) in [6.45, 7) is 1.48. The smallest absolute Gasteiger partial charge is 0.151 e. The molecule has 1 aliphatic carbocycles. The van der Waals surface area contributed by atoms with Crippen LogP contribution in [0.5, 0.6) is 0 Å². The van der Waals surface area contributed by atoms with E-state index >= 15 is 0 Å². The van der Waals surface area contributed by atoms with Crippen LogP contribution in [0.1, 0.15) is 19.3 Å². The van der Waals surface area contributed by atoms with Crippen molar-refractivity contribution in [3.8, 4) is 22.3 Å². The molecule has 3 unspecified atom stereocenters. The van der Waals surface area contributed by atoms with E-state index in [1.807, 2.05) is 69.3 Å². The fourth-order valence-corrected chi connectivity index (χ4v) is 16.8. The maximum atomic E-state index is 6.96. The van der Waals surface area contributed by atoms with Crippen molar-refractivity contribution >= 4 is 120 Å². The normalized spacial score (nSPS) is 17.5. The maximum absolute atomic E-state index is 6.96. The van der Waals surface area contributed by atoms with Gasteiger partial charge in [0.25, 0.3) is 0 Å². The van der Waals surface area contributed by atoms with Crippen LogP contribution in [0.3, 0.4) is 0 Å². The van der Waals surface area contributed by atoms with Gasteiger partial charge in [0, 0.05) is 79.4 Å². The number of fused-ring (bicyclic) bond motifs is 8. The molecule has 2 aliphatic rings. The van der Waals surface area contributed by atoms with Crippen molar-refractivity contribution in [2.45, 2.75) is 45.6 Å². The lowest BCUT2D eigenvalue weighted by Gasteiger charge is -2.34. The van der Waals surface area contributed by atoms with Crippen molar-refractivity contribution < 1.29 is 9.47 Å². The van der Waals surface area contributed by atoms with Crippen LogP contribution in [-0.4, -0.2) is 47.7 Å². The Morgan fingerprint density at radius 3 is 1.73 bits per heavy atom. The minimum Gasteiger partial charge on any atom is -0.380 e. The Labute approximate surface area is 398 Å². The highest BCUT2D eigenvalue weighted by Crippen LogP contribution is 2.46. The average molecular weight is 944 g/mol. The molecule has 0 spiro atoms. The summed E-state index contributed by atoms with van der Waals surface area (Å²) in [5.41, 5.74) is 6.07. The summed E-state index contributed by atoms with van der Waals surface area (Å²) < 4.78 is 20.6. The number of thiazole rings is 1. The fraction of sp³-hybridized carbons (Fsp3) is 0.218. The lowest BCUT2D eigenvalue weighted by molar-refractivity contribution is 0.0456. The van der Waals surface area contributed by atoms with Crippen LogP contribution < -0.4 is 0 Å². The first-order valence-electron chi connectivity index (χ1n) is 22.1. The van der Waals surface area contributed by atoms with Crippen LogP contribution >= 0.6 is 69.3 Å². The molecule has 7 aromatic carbocycles. The second-order valence-electron chi connectivity index (χ2n) is 17.3. The van der Waals surface area contributed by atoms with Gasteiger partial charge < -0.3 is 9.47 Å². The number of thioether (sulfide) groups is 3. The van der Waals surface area contributed by atoms with Gasteiger partial charge in [0.2, 0.25) is 0 Å². The van der Waals surface area contributed by atoms with Crippen LogP contribution in [0.25, 0.3) is 72.8 Å². The highest BCUT2D eigenvalue weighted by molar-refractivity contribution is 8.02. The number of nitrogens with zero attached hydrogens (tertiary/aromatic N) is 1. The molecule has 1 aliphatic heterocycles. The molecule has 10 aromatic rings. The van der Waals surface area contributed by atoms with Crippen molar-refractivity contribution in [1.29, 1.82) is 0 Å². The Bertz CT molecular complexity index is 3100. The van der Waals surface area contributed by atoms with E-state index in [0.29, 0.717) is 24.7 Å². The zero-order valence-electron chi connectivity index (χ0n) is 35.1. The molecule has 9 heteroatoms. The molecule has 0 N–H and O–H groups in total. The molecule has 64 heavy (non-hydrogen) atoms. The van der Waals surface area contributed by atoms with Crippen LogP contribution in [-0.2, 0) is 9.47 Å². The van der Waals surface area contributed by atoms with E-state index in [1.54, 1.807) is 0 Å². The Kier molecular flexibility index (Phi) is 11.6. The van der Waals surface area contributed by atoms with E-state index in [9.17, 15) is 0 Å². The third-order valence-electron chi connectivity index (χ3n) is 12.8. The second-order valence-corrected chi connectivity index (χ2v) is 23.8. The molecule has 3 atom stereocenters. The molecule has 0 radical (unpaired) electrons. The van der Waals surface area contributed by atoms with Gasteiger partial charge in [0.05, 0.1) is 29.0 Å². The van der Waals surface area contributed by atoms with Crippen LogP contribution in [0.2, 0.25) is 0 Å². The molecule has 12 rings (SSSR count). The van der Waals surface area contributed by atoms with Crippen molar-refractivity contribution in [2.24, 2.45) is 11.3 Å². The number of epoxide rings is 1. The van der Waals surface area contributed by atoms with Gasteiger partial charge in [-0.15, -0.1) is 57.5 Å². The minimum absolute atomic E-state index is 0.159. The van der Waals surface area contributed by atoms with Crippen LogP contribution in [0, 0.1) is 11.3 Å². The summed E-state index contributed by atoms with van der Waals surface area (Å²) in [7, 11) is 0. The van der Waals surface area contributed by atoms with E-state index < -0.39 is 0 Å². The number of benzene rings is 7. The van der Waals surface area contributed by atoms with E-state index in [1.165, 1.54) is 89.9 Å². The number of hydrogen-bond donors (Lipinski definition) is 0. The zero-order chi connectivity index (χ0) is 42.5. The largest absolute Gasteiger partial charge is 0.380 e. The summed E-state index contributed by atoms with van der Waals surface area (Å²) in [6, 6.07) is 58.1. The SMILES string of the molecule is c1cc(SCC(COCC2CCC3OC3C2)(CSc2cccc(-c3cccc4c3sc3ccccc34)c2)CSc2nc3ccccc3s2)cc(-c2cccc3c2sc2ccccc23)c1. The standard InChI is InChI=1S/C55H45NO2S6/c1-4-22-49-42(15-1)44-19-9-17-40(52(44)62-49)36-11-7-13-38(28-36)59-32-55(31-57-30-35-25-26-47-48(27-35)58-47,34-61-54-56-46-21-3-6-24-51(46)64-54)33-60-39-14-8-12-37(29-39)41-18-10-20-45-43-16-2-5-23-50(43)63-53(41)45/h1-24,28-29,35,47-48H,25-27,30-34H2. The lowest BCUT2D eigenvalue weighted by Crippen LogP contribution is -2.36. The second kappa shape index (κ2) is 17.9. The topological polar surface area (TPSA) is 34.6 Å². The van der Waals surface area contributed by atoms with Gasteiger partial charge in [-0.1, -0.05) is 121 Å². The van der Waals surface area contributed by atoms with E-state index in [-0.39, 0.29) is 5.41 Å². The summed E-state index contributed by atoms with van der Waals surface area (Å²) in [5, 5.41) is 5.34. The third-order valence-corrected chi connectivity index (χ3v) is 20.5. The molecule has 1 saturated heterocycles. The molecule has 3 nitrogen and oxygen atoms in total. The first-order chi connectivity index (χ1) is 31.6. The molecule has 318 valence electrons. The van der Waals surface area contributed by atoms with Crippen molar-refractivity contribution in [3.63, 3.8) is 0 Å². The highest BCUT2D eigenvalue weighted by Gasteiger charge is 2.44. The number of hydrogen-bond acceptors (Lipinski definition) is 9. The van der Waals surface area contributed by atoms with Crippen molar-refractivity contribution in [3.05, 3.63) is 158 Å². The molecule has 0 amide bonds. The molecule has 1 saturated carbocycles.